The quantitative estimate of drug-likeness (QED) is 0.547. The van der Waals surface area contributed by atoms with Gasteiger partial charge in [-0.15, -0.1) is 6.58 Å². The molecule has 0 aliphatic rings. The summed E-state index contributed by atoms with van der Waals surface area (Å²) in [4.78, 5) is 26.1. The fraction of sp³-hybridized carbons (Fsp3) is 0.273. The zero-order chi connectivity index (χ0) is 23.0. The Hall–Kier alpha value is -2.84. The van der Waals surface area contributed by atoms with Gasteiger partial charge in [-0.25, -0.2) is 8.42 Å². The summed E-state index contributed by atoms with van der Waals surface area (Å²) in [6, 6.07) is 12.3. The molecule has 166 valence electrons. The van der Waals surface area contributed by atoms with Crippen molar-refractivity contribution in [3.05, 3.63) is 71.8 Å². The van der Waals surface area contributed by atoms with Crippen LogP contribution in [0.2, 0.25) is 5.02 Å². The number of halogens is 1. The van der Waals surface area contributed by atoms with Crippen molar-refractivity contribution in [2.75, 3.05) is 30.5 Å². The Labute approximate surface area is 188 Å². The first-order chi connectivity index (χ1) is 14.8. The van der Waals surface area contributed by atoms with Gasteiger partial charge in [-0.1, -0.05) is 35.9 Å². The molecule has 0 aliphatic carbocycles. The maximum absolute atomic E-state index is 13.4. The Bertz CT molecular complexity index is 1060. The number of likely N-dealkylation sites (N-methyl/N-ethyl adjacent to an activating group) is 2. The zero-order valence-corrected chi connectivity index (χ0v) is 19.1. The highest BCUT2D eigenvalue weighted by Gasteiger charge is 2.27. The van der Waals surface area contributed by atoms with Gasteiger partial charge in [0.15, 0.2) is 0 Å². The van der Waals surface area contributed by atoms with E-state index in [0.29, 0.717) is 18.8 Å². The van der Waals surface area contributed by atoms with Crippen LogP contribution >= 0.6 is 11.6 Å². The average Bonchev–Trinajstić information content (AvgIpc) is 2.76. The number of rotatable bonds is 10. The van der Waals surface area contributed by atoms with E-state index in [1.807, 2.05) is 0 Å². The number of hydrogen-bond donors (Lipinski definition) is 1. The van der Waals surface area contributed by atoms with Crippen LogP contribution in [-0.4, -0.2) is 51.3 Å². The van der Waals surface area contributed by atoms with Gasteiger partial charge in [0.1, 0.15) is 0 Å². The van der Waals surface area contributed by atoms with Crippen LogP contribution in [0.15, 0.2) is 66.1 Å². The third-order valence-corrected chi connectivity index (χ3v) is 6.56. The molecule has 2 amide bonds. The predicted octanol–water partition coefficient (Wildman–Crippen LogP) is 3.32. The van der Waals surface area contributed by atoms with Gasteiger partial charge in [0.25, 0.3) is 15.9 Å². The third kappa shape index (κ3) is 5.86. The number of hydrogen-bond acceptors (Lipinski definition) is 4. The van der Waals surface area contributed by atoms with Crippen LogP contribution in [0.1, 0.15) is 24.2 Å². The number of benzene rings is 2. The second kappa shape index (κ2) is 11.0. The highest BCUT2D eigenvalue weighted by molar-refractivity contribution is 7.92. The molecule has 0 fully saturated rings. The van der Waals surface area contributed by atoms with Crippen molar-refractivity contribution in [2.24, 2.45) is 0 Å². The van der Waals surface area contributed by atoms with Crippen LogP contribution in [0.3, 0.4) is 0 Å². The van der Waals surface area contributed by atoms with Gasteiger partial charge in [-0.3, -0.25) is 13.9 Å². The number of carbonyl (C=O) groups is 2. The molecule has 9 heteroatoms. The second-order valence-corrected chi connectivity index (χ2v) is 8.85. The summed E-state index contributed by atoms with van der Waals surface area (Å²) >= 11 is 6.23. The summed E-state index contributed by atoms with van der Waals surface area (Å²) in [6.45, 7) is 7.83. The normalized spacial score (nSPS) is 10.9. The Morgan fingerprint density at radius 1 is 1.13 bits per heavy atom. The second-order valence-electron chi connectivity index (χ2n) is 6.58. The van der Waals surface area contributed by atoms with Crippen LogP contribution in [0.4, 0.5) is 5.69 Å². The molecule has 31 heavy (non-hydrogen) atoms. The molecule has 2 aromatic carbocycles. The number of amides is 2. The number of para-hydroxylation sites is 1. The summed E-state index contributed by atoms with van der Waals surface area (Å²) in [5.74, 6) is -0.712. The molecule has 7 nitrogen and oxygen atoms in total. The van der Waals surface area contributed by atoms with Crippen LogP contribution in [0, 0.1) is 0 Å². The van der Waals surface area contributed by atoms with E-state index in [4.69, 9.17) is 11.6 Å². The highest BCUT2D eigenvalue weighted by Crippen LogP contribution is 2.30. The van der Waals surface area contributed by atoms with Crippen molar-refractivity contribution in [3.8, 4) is 0 Å². The molecule has 0 spiro atoms. The van der Waals surface area contributed by atoms with Crippen molar-refractivity contribution in [2.45, 2.75) is 18.7 Å². The molecule has 0 atom stereocenters. The number of carbonyl (C=O) groups excluding carboxylic acids is 2. The SMILES string of the molecule is C=CCN(c1ccccc1Cl)S(=O)(=O)c1cccc(C(=O)N(CC)CC(=O)NCC)c1. The molecule has 0 bridgehead atoms. The molecule has 2 rings (SSSR count). The van der Waals surface area contributed by atoms with E-state index in [2.05, 4.69) is 11.9 Å². The molecule has 0 saturated carbocycles. The number of nitrogens with one attached hydrogen (secondary N) is 1. The van der Waals surface area contributed by atoms with Gasteiger partial charge in [0.05, 0.1) is 28.7 Å². The molecule has 0 heterocycles. The first-order valence-electron chi connectivity index (χ1n) is 9.80. The summed E-state index contributed by atoms with van der Waals surface area (Å²) in [5.41, 5.74) is 0.483. The summed E-state index contributed by atoms with van der Waals surface area (Å²) < 4.78 is 27.9. The van der Waals surface area contributed by atoms with Crippen LogP contribution in [0.5, 0.6) is 0 Å². The topological polar surface area (TPSA) is 86.8 Å². The molecule has 0 radical (unpaired) electrons. The highest BCUT2D eigenvalue weighted by atomic mass is 35.5. The van der Waals surface area contributed by atoms with Crippen molar-refractivity contribution in [1.82, 2.24) is 10.2 Å². The van der Waals surface area contributed by atoms with E-state index in [1.165, 1.54) is 35.2 Å². The van der Waals surface area contributed by atoms with Gasteiger partial charge in [0.2, 0.25) is 5.91 Å². The lowest BCUT2D eigenvalue weighted by atomic mass is 10.2. The number of nitrogens with zero attached hydrogens (tertiary/aromatic N) is 2. The van der Waals surface area contributed by atoms with E-state index in [1.54, 1.807) is 38.1 Å². The molecule has 0 saturated heterocycles. The fourth-order valence-corrected chi connectivity index (χ4v) is 4.74. The van der Waals surface area contributed by atoms with Crippen molar-refractivity contribution >= 4 is 39.1 Å². The Balaban J connectivity index is 2.42. The molecule has 0 aliphatic heterocycles. The molecule has 2 aromatic rings. The fourth-order valence-electron chi connectivity index (χ4n) is 2.95. The first-order valence-corrected chi connectivity index (χ1v) is 11.6. The maximum Gasteiger partial charge on any atom is 0.264 e. The van der Waals surface area contributed by atoms with Crippen LogP contribution in [0.25, 0.3) is 0 Å². The molecule has 1 N–H and O–H groups in total. The molecular formula is C22H26ClN3O4S. The monoisotopic (exact) mass is 463 g/mol. The zero-order valence-electron chi connectivity index (χ0n) is 17.5. The number of anilines is 1. The van der Waals surface area contributed by atoms with E-state index < -0.39 is 15.9 Å². The minimum atomic E-state index is -4.03. The van der Waals surface area contributed by atoms with Gasteiger partial charge >= 0.3 is 0 Å². The van der Waals surface area contributed by atoms with E-state index in [-0.39, 0.29) is 34.5 Å². The lowest BCUT2D eigenvalue weighted by Crippen LogP contribution is -2.40. The van der Waals surface area contributed by atoms with Crippen molar-refractivity contribution in [3.63, 3.8) is 0 Å². The van der Waals surface area contributed by atoms with Gasteiger partial charge in [-0.05, 0) is 44.2 Å². The first kappa shape index (κ1) is 24.4. The van der Waals surface area contributed by atoms with Gasteiger partial charge in [-0.2, -0.15) is 0 Å². The Morgan fingerprint density at radius 2 is 1.84 bits per heavy atom. The lowest BCUT2D eigenvalue weighted by Gasteiger charge is -2.25. The van der Waals surface area contributed by atoms with E-state index in [9.17, 15) is 18.0 Å². The van der Waals surface area contributed by atoms with E-state index >= 15 is 0 Å². The van der Waals surface area contributed by atoms with Gasteiger partial charge in [0, 0.05) is 18.7 Å². The molecule has 0 unspecified atom stereocenters. The average molecular weight is 464 g/mol. The van der Waals surface area contributed by atoms with Crippen LogP contribution in [-0.2, 0) is 14.8 Å². The summed E-state index contributed by atoms with van der Waals surface area (Å²) in [7, 11) is -4.03. The third-order valence-electron chi connectivity index (χ3n) is 4.46. The predicted molar refractivity (Wildman–Crippen MR) is 123 cm³/mol. The lowest BCUT2D eigenvalue weighted by molar-refractivity contribution is -0.121. The Morgan fingerprint density at radius 3 is 2.45 bits per heavy atom. The summed E-state index contributed by atoms with van der Waals surface area (Å²) in [6.07, 6.45) is 1.46. The van der Waals surface area contributed by atoms with Gasteiger partial charge < -0.3 is 10.2 Å². The van der Waals surface area contributed by atoms with E-state index in [0.717, 1.165) is 4.31 Å². The molecule has 0 aromatic heterocycles. The number of sulfonamides is 1. The summed E-state index contributed by atoms with van der Waals surface area (Å²) in [5, 5.41) is 2.92. The van der Waals surface area contributed by atoms with Crippen LogP contribution < -0.4 is 9.62 Å². The van der Waals surface area contributed by atoms with Crippen molar-refractivity contribution < 1.29 is 18.0 Å². The van der Waals surface area contributed by atoms with Crippen molar-refractivity contribution in [1.29, 1.82) is 0 Å². The smallest absolute Gasteiger partial charge is 0.264 e. The molecular weight excluding hydrogens is 438 g/mol. The minimum Gasteiger partial charge on any atom is -0.355 e. The standard InChI is InChI=1S/C22H26ClN3O4S/c1-4-14-26(20-13-8-7-12-19(20)23)31(29,30)18-11-9-10-17(15-18)22(28)25(6-3)16-21(27)24-5-2/h4,7-13,15H,1,5-6,14,16H2,2-3H3,(H,24,27). The maximum atomic E-state index is 13.4. The largest absolute Gasteiger partial charge is 0.355 e. The Kier molecular flexibility index (Phi) is 8.65. The minimum absolute atomic E-state index is 0.00249.